The molecular formula is C22H25BrF3N5O5. The van der Waals surface area contributed by atoms with Gasteiger partial charge in [-0.15, -0.1) is 0 Å². The summed E-state index contributed by atoms with van der Waals surface area (Å²) in [5, 5.41) is 32.0. The van der Waals surface area contributed by atoms with Gasteiger partial charge >= 0.3 is 18.1 Å². The van der Waals surface area contributed by atoms with Crippen molar-refractivity contribution in [3.63, 3.8) is 0 Å². The molecular weight excluding hydrogens is 551 g/mol. The predicted octanol–water partition coefficient (Wildman–Crippen LogP) is 4.31. The average Bonchev–Trinajstić information content (AvgIpc) is 3.13. The number of carbonyl (C=O) groups is 1. The second-order valence-electron chi connectivity index (χ2n) is 8.78. The fraction of sp³-hybridized carbons (Fsp3) is 0.455. The lowest BCUT2D eigenvalue weighted by Gasteiger charge is -2.47. The van der Waals surface area contributed by atoms with Crippen LogP contribution in [0.15, 0.2) is 47.3 Å². The number of nitrogens with zero attached hydrogens (tertiary/aromatic N) is 5. The highest BCUT2D eigenvalue weighted by Crippen LogP contribution is 2.36. The van der Waals surface area contributed by atoms with E-state index in [4.69, 9.17) is 0 Å². The first kappa shape index (κ1) is 27.6. The van der Waals surface area contributed by atoms with E-state index in [9.17, 15) is 38.3 Å². The summed E-state index contributed by atoms with van der Waals surface area (Å²) in [6.07, 6.45) is -1.19. The van der Waals surface area contributed by atoms with E-state index in [0.717, 1.165) is 12.1 Å². The molecule has 0 saturated carbocycles. The number of β-amino-alcohol motifs (C(OH)–C–C–N with tert-alkyl or cyclic N) is 1. The van der Waals surface area contributed by atoms with Crippen LogP contribution >= 0.6 is 15.9 Å². The number of allylic oxidation sites excluding steroid dienone is 1. The van der Waals surface area contributed by atoms with E-state index in [-0.39, 0.29) is 30.9 Å². The minimum atomic E-state index is -4.52. The summed E-state index contributed by atoms with van der Waals surface area (Å²) in [6.45, 7) is 3.46. The molecule has 1 saturated heterocycles. The van der Waals surface area contributed by atoms with Crippen molar-refractivity contribution in [2.75, 3.05) is 19.6 Å². The van der Waals surface area contributed by atoms with Crippen LogP contribution in [0, 0.1) is 10.1 Å². The Hall–Kier alpha value is -2.97. The maximum absolute atomic E-state index is 13.1. The molecule has 3 rings (SSSR count). The number of hydrogen-bond donors (Lipinski definition) is 2. The Morgan fingerprint density at radius 1 is 1.28 bits per heavy atom. The van der Waals surface area contributed by atoms with E-state index in [1.165, 1.54) is 34.7 Å². The van der Waals surface area contributed by atoms with Crippen LogP contribution in [-0.4, -0.2) is 71.9 Å². The fourth-order valence-electron chi connectivity index (χ4n) is 4.43. The standard InChI is InChI=1S/C22H25BrF3N5O5/c1-3-4-16-18(14-5-7-15(8-6-14)22(24,25)26)28(9-10-30(16)20(32)33)12-21(2,34)13-29-11-17(31(35)36)27-19(29)23/h3-8,11,16,18,34H,9-10,12-13H2,1-2H3,(H,32,33). The number of benzene rings is 1. The topological polar surface area (TPSA) is 125 Å². The van der Waals surface area contributed by atoms with Crippen molar-refractivity contribution in [1.29, 1.82) is 0 Å². The molecule has 196 valence electrons. The zero-order valence-corrected chi connectivity index (χ0v) is 21.0. The van der Waals surface area contributed by atoms with Crippen LogP contribution < -0.4 is 0 Å². The summed E-state index contributed by atoms with van der Waals surface area (Å²) in [5.41, 5.74) is -1.84. The van der Waals surface area contributed by atoms with Gasteiger partial charge in [-0.25, -0.2) is 4.79 Å². The molecule has 2 aromatic rings. The van der Waals surface area contributed by atoms with Gasteiger partial charge in [-0.05, 0) is 41.5 Å². The van der Waals surface area contributed by atoms with Gasteiger partial charge in [-0.1, -0.05) is 24.3 Å². The molecule has 0 radical (unpaired) electrons. The first-order valence-corrected chi connectivity index (χ1v) is 11.7. The first-order chi connectivity index (χ1) is 16.7. The maximum Gasteiger partial charge on any atom is 0.416 e. The SMILES string of the molecule is CC=CC1C(c2ccc(C(F)(F)F)cc2)N(CC(C)(O)Cn2cc([N+](=O)[O-])nc2Br)CCN1C(=O)O. The normalized spacial score (nSPS) is 21.0. The van der Waals surface area contributed by atoms with Crippen LogP contribution in [0.1, 0.15) is 31.0 Å². The molecule has 1 aromatic carbocycles. The molecule has 1 fully saturated rings. The van der Waals surface area contributed by atoms with Crippen LogP contribution in [0.4, 0.5) is 23.8 Å². The minimum absolute atomic E-state index is 0.00137. The lowest BCUT2D eigenvalue weighted by atomic mass is 9.91. The van der Waals surface area contributed by atoms with Gasteiger partial charge < -0.3 is 20.3 Å². The lowest BCUT2D eigenvalue weighted by Crippen LogP contribution is -2.58. The second kappa shape index (κ2) is 10.6. The smallest absolute Gasteiger partial charge is 0.416 e. The van der Waals surface area contributed by atoms with Crippen molar-refractivity contribution in [2.45, 2.75) is 44.3 Å². The number of imidazole rings is 1. The molecule has 0 aliphatic carbocycles. The Bertz CT molecular complexity index is 1140. The van der Waals surface area contributed by atoms with Gasteiger partial charge in [-0.2, -0.15) is 13.2 Å². The Labute approximate surface area is 212 Å². The summed E-state index contributed by atoms with van der Waals surface area (Å²) in [4.78, 5) is 29.1. The molecule has 1 aromatic heterocycles. The molecule has 0 spiro atoms. The third kappa shape index (κ3) is 6.23. The van der Waals surface area contributed by atoms with Gasteiger partial charge in [0.15, 0.2) is 0 Å². The molecule has 14 heteroatoms. The van der Waals surface area contributed by atoms with E-state index in [1.54, 1.807) is 19.1 Å². The van der Waals surface area contributed by atoms with Crippen molar-refractivity contribution < 1.29 is 33.1 Å². The zero-order valence-electron chi connectivity index (χ0n) is 19.4. The highest BCUT2D eigenvalue weighted by atomic mass is 79.9. The van der Waals surface area contributed by atoms with Crippen LogP contribution in [0.25, 0.3) is 0 Å². The van der Waals surface area contributed by atoms with Gasteiger partial charge in [0, 0.05) is 35.6 Å². The monoisotopic (exact) mass is 575 g/mol. The Balaban J connectivity index is 1.96. The number of halogens is 4. The second-order valence-corrected chi connectivity index (χ2v) is 9.49. The van der Waals surface area contributed by atoms with Crippen molar-refractivity contribution in [3.8, 4) is 0 Å². The summed E-state index contributed by atoms with van der Waals surface area (Å²) in [7, 11) is 0. The first-order valence-electron chi connectivity index (χ1n) is 10.9. The van der Waals surface area contributed by atoms with Gasteiger partial charge in [0.25, 0.3) is 4.73 Å². The number of carboxylic acid groups (broad SMARTS) is 1. The molecule has 2 heterocycles. The summed E-state index contributed by atoms with van der Waals surface area (Å²) in [5.74, 6) is -0.400. The molecule has 10 nitrogen and oxygen atoms in total. The molecule has 1 aliphatic rings. The highest BCUT2D eigenvalue weighted by molar-refractivity contribution is 9.10. The molecule has 3 unspecified atom stereocenters. The number of aromatic nitrogens is 2. The zero-order chi connectivity index (χ0) is 26.8. The third-order valence-corrected chi connectivity index (χ3v) is 6.51. The molecule has 3 atom stereocenters. The van der Waals surface area contributed by atoms with Crippen molar-refractivity contribution >= 4 is 27.8 Å². The third-order valence-electron chi connectivity index (χ3n) is 5.88. The number of hydrogen-bond acceptors (Lipinski definition) is 6. The van der Waals surface area contributed by atoms with Crippen LogP contribution in [-0.2, 0) is 12.7 Å². The maximum atomic E-state index is 13.1. The van der Waals surface area contributed by atoms with Crippen LogP contribution in [0.3, 0.4) is 0 Å². The number of piperazine rings is 1. The summed E-state index contributed by atoms with van der Waals surface area (Å²) >= 11 is 3.14. The minimum Gasteiger partial charge on any atom is -0.465 e. The van der Waals surface area contributed by atoms with Crippen molar-refractivity contribution in [3.05, 3.63) is 68.6 Å². The number of rotatable bonds is 7. The van der Waals surface area contributed by atoms with E-state index in [0.29, 0.717) is 5.56 Å². The number of amides is 1. The van der Waals surface area contributed by atoms with Gasteiger partial charge in [0.2, 0.25) is 0 Å². The summed E-state index contributed by atoms with van der Waals surface area (Å²) in [6, 6.07) is 3.09. The predicted molar refractivity (Wildman–Crippen MR) is 126 cm³/mol. The van der Waals surface area contributed by atoms with E-state index >= 15 is 0 Å². The number of nitro groups is 1. The van der Waals surface area contributed by atoms with Gasteiger partial charge in [0.1, 0.15) is 6.20 Å². The molecule has 36 heavy (non-hydrogen) atoms. The quantitative estimate of drug-likeness (QED) is 0.286. The van der Waals surface area contributed by atoms with E-state index in [2.05, 4.69) is 20.9 Å². The summed E-state index contributed by atoms with van der Waals surface area (Å²) < 4.78 is 40.9. The molecule has 2 N–H and O–H groups in total. The Morgan fingerprint density at radius 2 is 1.92 bits per heavy atom. The average molecular weight is 576 g/mol. The Morgan fingerprint density at radius 3 is 2.42 bits per heavy atom. The number of aliphatic hydroxyl groups is 1. The molecule has 1 amide bonds. The van der Waals surface area contributed by atoms with Gasteiger partial charge in [0.05, 0.1) is 29.8 Å². The van der Waals surface area contributed by atoms with E-state index < -0.39 is 46.3 Å². The largest absolute Gasteiger partial charge is 0.465 e. The highest BCUT2D eigenvalue weighted by Gasteiger charge is 2.41. The van der Waals surface area contributed by atoms with Crippen molar-refractivity contribution in [1.82, 2.24) is 19.4 Å². The molecule has 0 bridgehead atoms. The van der Waals surface area contributed by atoms with Gasteiger partial charge in [-0.3, -0.25) is 14.4 Å². The van der Waals surface area contributed by atoms with Crippen LogP contribution in [0.2, 0.25) is 0 Å². The van der Waals surface area contributed by atoms with E-state index in [1.807, 2.05) is 4.90 Å². The molecule has 1 aliphatic heterocycles. The lowest BCUT2D eigenvalue weighted by molar-refractivity contribution is -0.389. The Kier molecular flexibility index (Phi) is 8.10. The van der Waals surface area contributed by atoms with Crippen molar-refractivity contribution in [2.24, 2.45) is 0 Å². The van der Waals surface area contributed by atoms with Crippen LogP contribution in [0.5, 0.6) is 0 Å². The number of alkyl halides is 3. The fourth-order valence-corrected chi connectivity index (χ4v) is 4.84.